The smallest absolute Gasteiger partial charge is 0.416 e. The molecule has 0 atom stereocenters. The van der Waals surface area contributed by atoms with E-state index in [1.165, 1.54) is 24.3 Å². The summed E-state index contributed by atoms with van der Waals surface area (Å²) in [6.45, 7) is 0. The van der Waals surface area contributed by atoms with E-state index in [1.807, 2.05) is 0 Å². The first-order valence-corrected chi connectivity index (χ1v) is 13.0. The monoisotopic (exact) mass is 603 g/mol. The molecule has 3 rings (SSSR count). The van der Waals surface area contributed by atoms with E-state index in [1.54, 1.807) is 0 Å². The average Bonchev–Trinajstić information content (AvgIpc) is 2.84. The number of aliphatic carboxylic acids is 2. The molecule has 0 amide bonds. The maximum atomic E-state index is 13.1. The molecule has 0 saturated carbocycles. The van der Waals surface area contributed by atoms with E-state index in [4.69, 9.17) is 23.2 Å². The van der Waals surface area contributed by atoms with Crippen molar-refractivity contribution in [3.8, 4) is 0 Å². The summed E-state index contributed by atoms with van der Waals surface area (Å²) in [5.74, 6) is -4.76. The van der Waals surface area contributed by atoms with Crippen LogP contribution in [0.1, 0.15) is 27.9 Å². The first-order chi connectivity index (χ1) is 18.0. The predicted octanol–water partition coefficient (Wildman–Crippen LogP) is 5.78. The van der Waals surface area contributed by atoms with E-state index in [2.05, 4.69) is 4.72 Å². The number of Topliss-reactive ketones (excluding diaryl/α,β-unsaturated/α-hetero) is 1. The number of benzene rings is 3. The first kappa shape index (κ1) is 29.9. The van der Waals surface area contributed by atoms with Gasteiger partial charge in [0.05, 0.1) is 20.5 Å². The highest BCUT2D eigenvalue weighted by Crippen LogP contribution is 2.34. The van der Waals surface area contributed by atoms with Crippen molar-refractivity contribution < 1.29 is 46.2 Å². The molecule has 0 aliphatic rings. The summed E-state index contributed by atoms with van der Waals surface area (Å²) in [6, 6.07) is 11.8. The molecule has 0 aromatic heterocycles. The molecule has 0 heterocycles. The van der Waals surface area contributed by atoms with Crippen LogP contribution in [0.15, 0.2) is 71.6 Å². The zero-order valence-corrected chi connectivity index (χ0v) is 21.8. The lowest BCUT2D eigenvalue weighted by Gasteiger charge is -2.25. The molecule has 0 aliphatic heterocycles. The van der Waals surface area contributed by atoms with Gasteiger partial charge in [-0.25, -0.2) is 8.42 Å². The van der Waals surface area contributed by atoms with E-state index in [-0.39, 0.29) is 31.8 Å². The van der Waals surface area contributed by atoms with Crippen LogP contribution >= 0.6 is 23.2 Å². The zero-order valence-electron chi connectivity index (χ0n) is 19.5. The second kappa shape index (κ2) is 11.2. The van der Waals surface area contributed by atoms with Crippen LogP contribution < -0.4 is 4.72 Å². The minimum absolute atomic E-state index is 0.00552. The second-order valence-electron chi connectivity index (χ2n) is 8.43. The molecule has 0 unspecified atom stereocenters. The van der Waals surface area contributed by atoms with Crippen molar-refractivity contribution in [3.63, 3.8) is 0 Å². The van der Waals surface area contributed by atoms with Gasteiger partial charge >= 0.3 is 18.1 Å². The van der Waals surface area contributed by atoms with Crippen LogP contribution in [-0.4, -0.2) is 36.4 Å². The fraction of sp³-hybridized carbons (Fsp3) is 0.160. The van der Waals surface area contributed by atoms with Crippen LogP contribution in [0.4, 0.5) is 18.9 Å². The van der Waals surface area contributed by atoms with Gasteiger partial charge in [-0.15, -0.1) is 0 Å². The van der Waals surface area contributed by atoms with Gasteiger partial charge in [0.15, 0.2) is 11.2 Å². The molecule has 0 fully saturated rings. The third-order valence-corrected chi connectivity index (χ3v) is 7.82. The minimum Gasteiger partial charge on any atom is -0.480 e. The number of anilines is 1. The number of carboxylic acids is 2. The summed E-state index contributed by atoms with van der Waals surface area (Å²) in [7, 11) is -4.10. The van der Waals surface area contributed by atoms with Crippen molar-refractivity contribution in [3.05, 3.63) is 93.5 Å². The number of carboxylic acid groups (broad SMARTS) is 2. The number of halogens is 5. The number of ketones is 1. The summed E-state index contributed by atoms with van der Waals surface area (Å²) in [5.41, 5.74) is -4.24. The van der Waals surface area contributed by atoms with Gasteiger partial charge in [-0.1, -0.05) is 41.4 Å². The molecular formula is C25H18Cl2F3NO7S. The van der Waals surface area contributed by atoms with Gasteiger partial charge < -0.3 is 10.2 Å². The number of carbonyl (C=O) groups is 3. The number of hydrogen-bond acceptors (Lipinski definition) is 5. The summed E-state index contributed by atoms with van der Waals surface area (Å²) in [6.07, 6.45) is -6.72. The van der Waals surface area contributed by atoms with E-state index in [0.29, 0.717) is 6.07 Å². The highest BCUT2D eigenvalue weighted by Gasteiger charge is 2.48. The van der Waals surface area contributed by atoms with E-state index in [9.17, 15) is 46.2 Å². The molecule has 3 aromatic rings. The topological polar surface area (TPSA) is 138 Å². The number of sulfonamides is 1. The van der Waals surface area contributed by atoms with E-state index < -0.39 is 57.7 Å². The van der Waals surface area contributed by atoms with Crippen LogP contribution in [-0.2, 0) is 32.2 Å². The van der Waals surface area contributed by atoms with E-state index in [0.717, 1.165) is 36.4 Å². The molecule has 3 N–H and O–H groups in total. The normalized spacial score (nSPS) is 12.1. The summed E-state index contributed by atoms with van der Waals surface area (Å²) < 4.78 is 66.7. The Kier molecular flexibility index (Phi) is 8.63. The lowest BCUT2D eigenvalue weighted by molar-refractivity contribution is -0.164. The van der Waals surface area contributed by atoms with Crippen molar-refractivity contribution in [1.29, 1.82) is 0 Å². The average molecular weight is 604 g/mol. The van der Waals surface area contributed by atoms with Gasteiger partial charge in [-0.3, -0.25) is 19.1 Å². The molecule has 39 heavy (non-hydrogen) atoms. The summed E-state index contributed by atoms with van der Waals surface area (Å²) in [4.78, 5) is 36.8. The lowest BCUT2D eigenvalue weighted by Crippen LogP contribution is -2.43. The van der Waals surface area contributed by atoms with Gasteiger partial charge in [0.1, 0.15) is 0 Å². The number of alkyl halides is 3. The van der Waals surface area contributed by atoms with Gasteiger partial charge in [-0.05, 0) is 60.5 Å². The van der Waals surface area contributed by atoms with Gasteiger partial charge in [-0.2, -0.15) is 13.2 Å². The van der Waals surface area contributed by atoms with Crippen molar-refractivity contribution in [1.82, 2.24) is 0 Å². The third-order valence-electron chi connectivity index (χ3n) is 5.70. The van der Waals surface area contributed by atoms with Gasteiger partial charge in [0.25, 0.3) is 10.0 Å². The van der Waals surface area contributed by atoms with Crippen LogP contribution in [0.5, 0.6) is 0 Å². The van der Waals surface area contributed by atoms with Crippen LogP contribution in [0.25, 0.3) is 0 Å². The Morgan fingerprint density at radius 2 is 1.46 bits per heavy atom. The van der Waals surface area contributed by atoms with Crippen molar-refractivity contribution >= 4 is 56.6 Å². The summed E-state index contributed by atoms with van der Waals surface area (Å²) >= 11 is 11.7. The van der Waals surface area contributed by atoms with Crippen molar-refractivity contribution in [2.45, 2.75) is 23.9 Å². The van der Waals surface area contributed by atoms with Gasteiger partial charge in [0, 0.05) is 17.7 Å². The maximum Gasteiger partial charge on any atom is 0.416 e. The molecule has 14 heteroatoms. The molecular weight excluding hydrogens is 586 g/mol. The number of carbonyl (C=O) groups excluding carboxylic acids is 1. The Balaban J connectivity index is 1.84. The number of rotatable bonds is 10. The van der Waals surface area contributed by atoms with Crippen LogP contribution in [0.2, 0.25) is 10.0 Å². The highest BCUT2D eigenvalue weighted by atomic mass is 35.5. The Labute approximate surface area is 230 Å². The molecule has 8 nitrogen and oxygen atoms in total. The molecule has 3 aromatic carbocycles. The van der Waals surface area contributed by atoms with Crippen LogP contribution in [0, 0.1) is 5.41 Å². The molecule has 0 radical (unpaired) electrons. The molecule has 0 spiro atoms. The maximum absolute atomic E-state index is 13.1. The lowest BCUT2D eigenvalue weighted by atomic mass is 9.76. The largest absolute Gasteiger partial charge is 0.480 e. The highest BCUT2D eigenvalue weighted by molar-refractivity contribution is 7.92. The van der Waals surface area contributed by atoms with Crippen LogP contribution in [0.3, 0.4) is 0 Å². The van der Waals surface area contributed by atoms with E-state index >= 15 is 0 Å². The minimum atomic E-state index is -4.75. The zero-order chi connectivity index (χ0) is 29.2. The molecule has 0 saturated heterocycles. The van der Waals surface area contributed by atoms with Gasteiger partial charge in [0.2, 0.25) is 0 Å². The van der Waals surface area contributed by atoms with Crippen molar-refractivity contribution in [2.75, 3.05) is 4.72 Å². The third kappa shape index (κ3) is 6.88. The standard InChI is InChI=1S/C25H18Cl2F3NO7S/c26-19-9-8-18(11-20(19)27)39(37,38)31-17-6-4-15(5-7-17)21(32)13-24(22(33)34,23(35)36)12-14-2-1-3-16(10-14)25(28,29)30/h1-11,31H,12-13H2,(H,33,34)(H,35,36). The SMILES string of the molecule is O=C(CC(Cc1cccc(C(F)(F)F)c1)(C(=O)O)C(=O)O)c1ccc(NS(=O)(=O)c2ccc(Cl)c(Cl)c2)cc1. The molecule has 0 bridgehead atoms. The fourth-order valence-electron chi connectivity index (χ4n) is 3.62. The Hall–Kier alpha value is -3.61. The Bertz CT molecular complexity index is 1530. The quantitative estimate of drug-likeness (QED) is 0.197. The predicted molar refractivity (Wildman–Crippen MR) is 136 cm³/mol. The summed E-state index contributed by atoms with van der Waals surface area (Å²) in [5, 5.41) is 19.6. The first-order valence-electron chi connectivity index (χ1n) is 10.8. The Morgan fingerprint density at radius 1 is 0.846 bits per heavy atom. The fourth-order valence-corrected chi connectivity index (χ4v) is 5.07. The van der Waals surface area contributed by atoms with Crippen molar-refractivity contribution in [2.24, 2.45) is 5.41 Å². The molecule has 206 valence electrons. The number of nitrogens with one attached hydrogen (secondary N) is 1. The number of hydrogen-bond donors (Lipinski definition) is 3. The second-order valence-corrected chi connectivity index (χ2v) is 10.9. The Morgan fingerprint density at radius 3 is 2.00 bits per heavy atom. The molecule has 0 aliphatic carbocycles.